The van der Waals surface area contributed by atoms with Gasteiger partial charge in [-0.25, -0.2) is 0 Å². The van der Waals surface area contributed by atoms with E-state index in [-0.39, 0.29) is 5.41 Å². The van der Waals surface area contributed by atoms with Gasteiger partial charge in [-0.3, -0.25) is 4.90 Å². The summed E-state index contributed by atoms with van der Waals surface area (Å²) in [4.78, 5) is 2.78. The van der Waals surface area contributed by atoms with Gasteiger partial charge in [-0.2, -0.15) is 0 Å². The fourth-order valence-corrected chi connectivity index (χ4v) is 3.34. The van der Waals surface area contributed by atoms with Crippen LogP contribution in [0.15, 0.2) is 30.3 Å². The molecule has 0 aromatic heterocycles. The second-order valence-electron chi connectivity index (χ2n) is 7.06. The molecule has 0 spiro atoms. The predicted octanol–water partition coefficient (Wildman–Crippen LogP) is 3.04. The van der Waals surface area contributed by atoms with Gasteiger partial charge in [0.15, 0.2) is 0 Å². The van der Waals surface area contributed by atoms with Crippen LogP contribution in [0.2, 0.25) is 0 Å². The van der Waals surface area contributed by atoms with Gasteiger partial charge in [0.25, 0.3) is 0 Å². The molecule has 2 saturated carbocycles. The third kappa shape index (κ3) is 3.42. The summed E-state index contributed by atoms with van der Waals surface area (Å²) < 4.78 is 0. The number of nitrogens with zero attached hydrogens (tertiary/aromatic N) is 1. The van der Waals surface area contributed by atoms with Crippen molar-refractivity contribution < 1.29 is 0 Å². The average Bonchev–Trinajstić information content (AvgIpc) is 3.32. The molecule has 2 aliphatic rings. The Kier molecular flexibility index (Phi) is 4.13. The van der Waals surface area contributed by atoms with Gasteiger partial charge in [0.2, 0.25) is 0 Å². The van der Waals surface area contributed by atoms with Crippen molar-refractivity contribution in [3.63, 3.8) is 0 Å². The molecular formula is C18H28N2. The second-order valence-corrected chi connectivity index (χ2v) is 7.06. The van der Waals surface area contributed by atoms with Crippen LogP contribution in [0.5, 0.6) is 0 Å². The third-order valence-corrected chi connectivity index (χ3v) is 4.84. The molecule has 2 heteroatoms. The van der Waals surface area contributed by atoms with Crippen LogP contribution in [0.4, 0.5) is 0 Å². The highest BCUT2D eigenvalue weighted by atomic mass is 15.2. The zero-order chi connectivity index (χ0) is 14.0. The molecule has 1 N–H and O–H groups in total. The Labute approximate surface area is 123 Å². The van der Waals surface area contributed by atoms with Gasteiger partial charge >= 0.3 is 0 Å². The van der Waals surface area contributed by atoms with Crippen molar-refractivity contribution in [1.29, 1.82) is 0 Å². The van der Waals surface area contributed by atoms with Gasteiger partial charge < -0.3 is 5.32 Å². The van der Waals surface area contributed by atoms with Crippen LogP contribution >= 0.6 is 0 Å². The highest BCUT2D eigenvalue weighted by Crippen LogP contribution is 2.37. The van der Waals surface area contributed by atoms with Gasteiger partial charge in [-0.05, 0) is 44.2 Å². The number of likely N-dealkylation sites (N-methyl/N-ethyl adjacent to an activating group) is 1. The van der Waals surface area contributed by atoms with Gasteiger partial charge in [0.1, 0.15) is 0 Å². The largest absolute Gasteiger partial charge is 0.319 e. The summed E-state index contributed by atoms with van der Waals surface area (Å²) in [5.41, 5.74) is 1.68. The van der Waals surface area contributed by atoms with Crippen LogP contribution in [0.1, 0.15) is 38.2 Å². The van der Waals surface area contributed by atoms with Crippen LogP contribution in [-0.4, -0.2) is 37.6 Å². The molecular weight excluding hydrogens is 244 g/mol. The monoisotopic (exact) mass is 272 g/mol. The summed E-state index contributed by atoms with van der Waals surface area (Å²) in [5, 5.41) is 3.41. The van der Waals surface area contributed by atoms with Crippen molar-refractivity contribution in [1.82, 2.24) is 10.2 Å². The molecule has 2 fully saturated rings. The molecule has 3 rings (SSSR count). The number of nitrogens with one attached hydrogen (secondary N) is 1. The van der Waals surface area contributed by atoms with E-state index in [1.807, 2.05) is 0 Å². The highest BCUT2D eigenvalue weighted by Gasteiger charge is 2.38. The molecule has 110 valence electrons. The molecule has 1 atom stereocenters. The fraction of sp³-hybridized carbons (Fsp3) is 0.667. The summed E-state index contributed by atoms with van der Waals surface area (Å²) in [5.74, 6) is 0.991. The molecule has 0 saturated heterocycles. The lowest BCUT2D eigenvalue weighted by Gasteiger charge is -2.36. The zero-order valence-corrected chi connectivity index (χ0v) is 12.9. The van der Waals surface area contributed by atoms with Crippen molar-refractivity contribution in [2.45, 2.75) is 44.1 Å². The lowest BCUT2D eigenvalue weighted by Crippen LogP contribution is -2.46. The molecule has 0 aliphatic heterocycles. The standard InChI is InChI=1S/C18H28N2/c1-18(13-19-2,16-6-4-3-5-7-16)14-20(17-10-11-17)12-15-8-9-15/h3-7,15,17,19H,8-14H2,1-2H3. The SMILES string of the molecule is CNCC(C)(CN(CC1CC1)C1CC1)c1ccccc1. The minimum Gasteiger partial charge on any atom is -0.319 e. The van der Waals surface area contributed by atoms with Crippen LogP contribution in [0.25, 0.3) is 0 Å². The lowest BCUT2D eigenvalue weighted by molar-refractivity contribution is 0.196. The highest BCUT2D eigenvalue weighted by molar-refractivity contribution is 5.26. The number of rotatable bonds is 8. The average molecular weight is 272 g/mol. The van der Waals surface area contributed by atoms with E-state index in [1.54, 1.807) is 0 Å². The minimum atomic E-state index is 0.216. The maximum absolute atomic E-state index is 3.41. The van der Waals surface area contributed by atoms with Crippen LogP contribution in [0.3, 0.4) is 0 Å². The van der Waals surface area contributed by atoms with Gasteiger partial charge in [0.05, 0.1) is 0 Å². The minimum absolute atomic E-state index is 0.216. The predicted molar refractivity (Wildman–Crippen MR) is 85.0 cm³/mol. The molecule has 20 heavy (non-hydrogen) atoms. The van der Waals surface area contributed by atoms with Crippen LogP contribution < -0.4 is 5.32 Å². The van der Waals surface area contributed by atoms with E-state index in [1.165, 1.54) is 44.3 Å². The number of benzene rings is 1. The Balaban J connectivity index is 1.74. The Morgan fingerprint density at radius 1 is 1.15 bits per heavy atom. The Morgan fingerprint density at radius 3 is 2.40 bits per heavy atom. The van der Waals surface area contributed by atoms with E-state index >= 15 is 0 Å². The summed E-state index contributed by atoms with van der Waals surface area (Å²) >= 11 is 0. The Hall–Kier alpha value is -0.860. The van der Waals surface area contributed by atoms with E-state index in [0.717, 1.165) is 18.5 Å². The summed E-state index contributed by atoms with van der Waals surface area (Å²) in [6.45, 7) is 5.99. The first-order valence-corrected chi connectivity index (χ1v) is 8.15. The molecule has 1 aromatic rings. The molecule has 1 aromatic carbocycles. The topological polar surface area (TPSA) is 15.3 Å². The van der Waals surface area contributed by atoms with Gasteiger partial charge in [-0.15, -0.1) is 0 Å². The van der Waals surface area contributed by atoms with Crippen molar-refractivity contribution in [3.8, 4) is 0 Å². The maximum Gasteiger partial charge on any atom is 0.0177 e. The van der Waals surface area contributed by atoms with E-state index in [2.05, 4.69) is 54.5 Å². The molecule has 0 radical (unpaired) electrons. The first kappa shape index (κ1) is 14.1. The van der Waals surface area contributed by atoms with Crippen LogP contribution in [0, 0.1) is 5.92 Å². The molecule has 2 nitrogen and oxygen atoms in total. The summed E-state index contributed by atoms with van der Waals surface area (Å²) in [6, 6.07) is 11.9. The van der Waals surface area contributed by atoms with Crippen LogP contribution in [-0.2, 0) is 5.41 Å². The number of hydrogen-bond acceptors (Lipinski definition) is 2. The first-order valence-electron chi connectivity index (χ1n) is 8.15. The first-order chi connectivity index (χ1) is 9.71. The maximum atomic E-state index is 3.41. The summed E-state index contributed by atoms with van der Waals surface area (Å²) in [7, 11) is 2.07. The van der Waals surface area contributed by atoms with E-state index in [0.29, 0.717) is 0 Å². The van der Waals surface area contributed by atoms with E-state index in [9.17, 15) is 0 Å². The molecule has 1 unspecified atom stereocenters. The van der Waals surface area contributed by atoms with E-state index < -0.39 is 0 Å². The molecule has 0 heterocycles. The van der Waals surface area contributed by atoms with Crippen molar-refractivity contribution >= 4 is 0 Å². The van der Waals surface area contributed by atoms with Crippen molar-refractivity contribution in [2.24, 2.45) is 5.92 Å². The quantitative estimate of drug-likeness (QED) is 0.782. The molecule has 0 bridgehead atoms. The summed E-state index contributed by atoms with van der Waals surface area (Å²) in [6.07, 6.45) is 5.74. The Bertz CT molecular complexity index is 422. The van der Waals surface area contributed by atoms with Gasteiger partial charge in [-0.1, -0.05) is 37.3 Å². The fourth-order valence-electron chi connectivity index (χ4n) is 3.34. The molecule has 2 aliphatic carbocycles. The lowest BCUT2D eigenvalue weighted by atomic mass is 9.81. The zero-order valence-electron chi connectivity index (χ0n) is 12.9. The molecule has 0 amide bonds. The Morgan fingerprint density at radius 2 is 1.85 bits per heavy atom. The smallest absolute Gasteiger partial charge is 0.0177 e. The second kappa shape index (κ2) is 5.87. The van der Waals surface area contributed by atoms with Crippen molar-refractivity contribution in [3.05, 3.63) is 35.9 Å². The third-order valence-electron chi connectivity index (χ3n) is 4.84. The number of hydrogen-bond donors (Lipinski definition) is 1. The normalized spacial score (nSPS) is 21.9. The van der Waals surface area contributed by atoms with Crippen molar-refractivity contribution in [2.75, 3.05) is 26.7 Å². The van der Waals surface area contributed by atoms with Gasteiger partial charge in [0, 0.05) is 31.1 Å². The van der Waals surface area contributed by atoms with E-state index in [4.69, 9.17) is 0 Å².